The third kappa shape index (κ3) is 5.26. The molecule has 0 spiro atoms. The first kappa shape index (κ1) is 15.4. The van der Waals surface area contributed by atoms with Crippen molar-refractivity contribution in [2.75, 3.05) is 0 Å². The topological polar surface area (TPSA) is 85.4 Å². The molecule has 19 heavy (non-hydrogen) atoms. The maximum absolute atomic E-state index is 11.0. The third-order valence-electron chi connectivity index (χ3n) is 2.90. The van der Waals surface area contributed by atoms with Crippen LogP contribution in [0.2, 0.25) is 0 Å². The summed E-state index contributed by atoms with van der Waals surface area (Å²) in [6, 6.07) is 3.68. The van der Waals surface area contributed by atoms with Crippen molar-refractivity contribution in [3.63, 3.8) is 0 Å². The van der Waals surface area contributed by atoms with Crippen molar-refractivity contribution in [3.8, 4) is 5.75 Å². The highest BCUT2D eigenvalue weighted by molar-refractivity contribution is 5.72. The van der Waals surface area contributed by atoms with Gasteiger partial charge in [-0.1, -0.05) is 20.3 Å². The second-order valence-corrected chi connectivity index (χ2v) is 4.59. The van der Waals surface area contributed by atoms with Gasteiger partial charge < -0.3 is 15.6 Å². The minimum absolute atomic E-state index is 0.103. The molecule has 0 fully saturated rings. The molecule has 0 saturated carbocycles. The number of hydrogen-bond donors (Lipinski definition) is 2. The zero-order chi connectivity index (χ0) is 14.3. The van der Waals surface area contributed by atoms with Crippen molar-refractivity contribution in [3.05, 3.63) is 24.0 Å². The summed E-state index contributed by atoms with van der Waals surface area (Å²) in [5.41, 5.74) is 6.75. The monoisotopic (exact) mass is 266 g/mol. The van der Waals surface area contributed by atoms with Gasteiger partial charge in [-0.05, 0) is 25.0 Å². The first-order valence-electron chi connectivity index (χ1n) is 6.66. The molecule has 0 aliphatic rings. The van der Waals surface area contributed by atoms with Gasteiger partial charge in [0.25, 0.3) is 0 Å². The van der Waals surface area contributed by atoms with Gasteiger partial charge in [0.15, 0.2) is 6.10 Å². The normalized spacial score (nSPS) is 13.8. The number of nitrogens with two attached hydrogens (primary N) is 1. The summed E-state index contributed by atoms with van der Waals surface area (Å²) >= 11 is 0. The van der Waals surface area contributed by atoms with Gasteiger partial charge in [0, 0.05) is 18.2 Å². The SMILES string of the molecule is CCCC(Oc1ccc(CC(N)CC)nc1)C(=O)O. The molecule has 1 heterocycles. The van der Waals surface area contributed by atoms with Crippen molar-refractivity contribution in [1.29, 1.82) is 0 Å². The maximum atomic E-state index is 11.0. The summed E-state index contributed by atoms with van der Waals surface area (Å²) < 4.78 is 5.41. The van der Waals surface area contributed by atoms with Crippen LogP contribution < -0.4 is 10.5 Å². The van der Waals surface area contributed by atoms with E-state index in [4.69, 9.17) is 15.6 Å². The lowest BCUT2D eigenvalue weighted by Crippen LogP contribution is -2.26. The summed E-state index contributed by atoms with van der Waals surface area (Å²) in [6.45, 7) is 3.96. The van der Waals surface area contributed by atoms with E-state index in [1.807, 2.05) is 19.9 Å². The number of nitrogens with zero attached hydrogens (tertiary/aromatic N) is 1. The smallest absolute Gasteiger partial charge is 0.344 e. The first-order chi connectivity index (χ1) is 9.06. The fourth-order valence-corrected chi connectivity index (χ4v) is 1.67. The summed E-state index contributed by atoms with van der Waals surface area (Å²) in [5, 5.41) is 9.01. The number of aliphatic carboxylic acids is 1. The number of pyridine rings is 1. The molecule has 1 rings (SSSR count). The standard InChI is InChI=1S/C14H22N2O3/c1-3-5-13(14(17)18)19-12-7-6-11(16-9-12)8-10(15)4-2/h6-7,9-10,13H,3-5,8,15H2,1-2H3,(H,17,18). The van der Waals surface area contributed by atoms with E-state index in [9.17, 15) is 4.79 Å². The Balaban J connectivity index is 2.62. The van der Waals surface area contributed by atoms with E-state index in [2.05, 4.69) is 4.98 Å². The molecule has 0 radical (unpaired) electrons. The predicted molar refractivity (Wildman–Crippen MR) is 73.2 cm³/mol. The Morgan fingerprint density at radius 2 is 2.21 bits per heavy atom. The second-order valence-electron chi connectivity index (χ2n) is 4.59. The number of hydrogen-bond acceptors (Lipinski definition) is 4. The van der Waals surface area contributed by atoms with E-state index >= 15 is 0 Å². The Morgan fingerprint density at radius 3 is 2.68 bits per heavy atom. The van der Waals surface area contributed by atoms with E-state index in [0.717, 1.165) is 18.5 Å². The zero-order valence-electron chi connectivity index (χ0n) is 11.5. The Labute approximate surface area is 113 Å². The minimum Gasteiger partial charge on any atom is -0.479 e. The molecule has 2 unspecified atom stereocenters. The molecule has 0 aromatic carbocycles. The van der Waals surface area contributed by atoms with Gasteiger partial charge in [0.2, 0.25) is 0 Å². The van der Waals surface area contributed by atoms with Crippen LogP contribution in [0.25, 0.3) is 0 Å². The van der Waals surface area contributed by atoms with E-state index in [1.165, 1.54) is 0 Å². The molecule has 0 amide bonds. The fourth-order valence-electron chi connectivity index (χ4n) is 1.67. The highest BCUT2D eigenvalue weighted by Crippen LogP contribution is 2.14. The molecule has 5 heteroatoms. The molecule has 0 bridgehead atoms. The van der Waals surface area contributed by atoms with Crippen molar-refractivity contribution in [1.82, 2.24) is 4.98 Å². The molecule has 1 aromatic heterocycles. The van der Waals surface area contributed by atoms with E-state index < -0.39 is 12.1 Å². The van der Waals surface area contributed by atoms with Gasteiger partial charge in [-0.25, -0.2) is 4.79 Å². The van der Waals surface area contributed by atoms with Crippen LogP contribution in [-0.2, 0) is 11.2 Å². The average molecular weight is 266 g/mol. The molecule has 3 N–H and O–H groups in total. The number of aromatic nitrogens is 1. The maximum Gasteiger partial charge on any atom is 0.344 e. The van der Waals surface area contributed by atoms with Crippen LogP contribution >= 0.6 is 0 Å². The first-order valence-corrected chi connectivity index (χ1v) is 6.66. The Kier molecular flexibility index (Phi) is 6.29. The van der Waals surface area contributed by atoms with Gasteiger partial charge in [0.1, 0.15) is 5.75 Å². The lowest BCUT2D eigenvalue weighted by Gasteiger charge is -2.14. The quantitative estimate of drug-likeness (QED) is 0.751. The predicted octanol–water partition coefficient (Wildman–Crippen LogP) is 1.99. The highest BCUT2D eigenvalue weighted by atomic mass is 16.5. The zero-order valence-corrected chi connectivity index (χ0v) is 11.5. The Morgan fingerprint density at radius 1 is 1.47 bits per heavy atom. The minimum atomic E-state index is -0.945. The molecule has 1 aromatic rings. The van der Waals surface area contributed by atoms with E-state index in [-0.39, 0.29) is 6.04 Å². The summed E-state index contributed by atoms with van der Waals surface area (Å²) in [4.78, 5) is 15.2. The van der Waals surface area contributed by atoms with Gasteiger partial charge >= 0.3 is 5.97 Å². The molecule has 106 valence electrons. The molecule has 0 saturated heterocycles. The molecule has 0 aliphatic heterocycles. The highest BCUT2D eigenvalue weighted by Gasteiger charge is 2.18. The largest absolute Gasteiger partial charge is 0.479 e. The van der Waals surface area contributed by atoms with Crippen molar-refractivity contribution < 1.29 is 14.6 Å². The molecular weight excluding hydrogens is 244 g/mol. The summed E-state index contributed by atoms with van der Waals surface area (Å²) in [6.07, 6.45) is 3.61. The van der Waals surface area contributed by atoms with Crippen LogP contribution in [-0.4, -0.2) is 28.2 Å². The number of carboxylic acids is 1. The van der Waals surface area contributed by atoms with Gasteiger partial charge in [0.05, 0.1) is 6.20 Å². The lowest BCUT2D eigenvalue weighted by molar-refractivity contribution is -0.145. The molecule has 5 nitrogen and oxygen atoms in total. The number of carboxylic acid groups (broad SMARTS) is 1. The molecule has 0 aliphatic carbocycles. The molecule has 2 atom stereocenters. The van der Waals surface area contributed by atoms with Crippen molar-refractivity contribution >= 4 is 5.97 Å². The van der Waals surface area contributed by atoms with Crippen LogP contribution in [0.3, 0.4) is 0 Å². The van der Waals surface area contributed by atoms with Crippen LogP contribution in [0.4, 0.5) is 0 Å². The van der Waals surface area contributed by atoms with Crippen LogP contribution in [0.5, 0.6) is 5.75 Å². The van der Waals surface area contributed by atoms with Crippen LogP contribution in [0, 0.1) is 0 Å². The van der Waals surface area contributed by atoms with Gasteiger partial charge in [-0.15, -0.1) is 0 Å². The second kappa shape index (κ2) is 7.74. The summed E-state index contributed by atoms with van der Waals surface area (Å²) in [7, 11) is 0. The van der Waals surface area contributed by atoms with Gasteiger partial charge in [-0.3, -0.25) is 4.98 Å². The van der Waals surface area contributed by atoms with E-state index in [1.54, 1.807) is 12.3 Å². The van der Waals surface area contributed by atoms with Crippen molar-refractivity contribution in [2.45, 2.75) is 51.7 Å². The van der Waals surface area contributed by atoms with E-state index in [0.29, 0.717) is 18.6 Å². The Hall–Kier alpha value is -1.62. The lowest BCUT2D eigenvalue weighted by atomic mass is 10.1. The fraction of sp³-hybridized carbons (Fsp3) is 0.571. The number of carbonyl (C=O) groups is 1. The van der Waals surface area contributed by atoms with Gasteiger partial charge in [-0.2, -0.15) is 0 Å². The van der Waals surface area contributed by atoms with Crippen molar-refractivity contribution in [2.24, 2.45) is 5.73 Å². The number of rotatable bonds is 8. The van der Waals surface area contributed by atoms with Crippen LogP contribution in [0.1, 0.15) is 38.8 Å². The summed E-state index contributed by atoms with van der Waals surface area (Å²) in [5.74, 6) is -0.464. The number of ether oxygens (including phenoxy) is 1. The molecular formula is C14H22N2O3. The Bertz CT molecular complexity index is 392. The third-order valence-corrected chi connectivity index (χ3v) is 2.90. The average Bonchev–Trinajstić information content (AvgIpc) is 2.40. The van der Waals surface area contributed by atoms with Crippen LogP contribution in [0.15, 0.2) is 18.3 Å².